The predicted molar refractivity (Wildman–Crippen MR) is 162 cm³/mol. The van der Waals surface area contributed by atoms with Gasteiger partial charge in [-0.2, -0.15) is 5.10 Å². The average Bonchev–Trinajstić information content (AvgIpc) is 3.35. The van der Waals surface area contributed by atoms with Crippen LogP contribution in [0.15, 0.2) is 42.4 Å². The molecule has 0 saturated heterocycles. The molecule has 0 aromatic carbocycles. The van der Waals surface area contributed by atoms with E-state index in [0.717, 1.165) is 44.2 Å². The second-order valence-electron chi connectivity index (χ2n) is 16.1. The molecule has 5 heteroatoms. The molecule has 41 heavy (non-hydrogen) atoms. The molecule has 2 aromatic rings. The van der Waals surface area contributed by atoms with Crippen molar-refractivity contribution in [2.24, 2.45) is 51.2 Å². The standard InChI is InChI=1S/C36H49N3O2/c1-22-10-15-36(31(40)41)17-16-34(6)26(29(36)23(22)2)8-9-28-33(5)20-24-21-38-39(25-12-18-37-19-13-25)30(24)32(3,4)27(33)11-14-35(28,34)7/h8,12-13,18-19,21-23,27-29H,9-11,14-17,20H2,1-7H3,(H,40,41)/t22-,23+,27+,28-,29+,33+,34-,35-,36+/m1/s1. The number of aromatic nitrogens is 3. The van der Waals surface area contributed by atoms with Gasteiger partial charge in [-0.3, -0.25) is 9.78 Å². The van der Waals surface area contributed by atoms with E-state index in [9.17, 15) is 9.90 Å². The zero-order valence-corrected chi connectivity index (χ0v) is 26.2. The van der Waals surface area contributed by atoms with E-state index in [-0.39, 0.29) is 27.6 Å². The van der Waals surface area contributed by atoms with Gasteiger partial charge >= 0.3 is 5.97 Å². The summed E-state index contributed by atoms with van der Waals surface area (Å²) in [6.45, 7) is 17.4. The third kappa shape index (κ3) is 3.27. The summed E-state index contributed by atoms with van der Waals surface area (Å²) in [5.74, 6) is 1.73. The molecule has 3 fully saturated rings. The Bertz CT molecular complexity index is 1430. The monoisotopic (exact) mass is 555 g/mol. The Kier molecular flexibility index (Phi) is 5.73. The van der Waals surface area contributed by atoms with Gasteiger partial charge in [0.05, 0.1) is 23.0 Å². The smallest absolute Gasteiger partial charge is 0.310 e. The lowest BCUT2D eigenvalue weighted by Crippen LogP contribution is -2.65. The summed E-state index contributed by atoms with van der Waals surface area (Å²) in [4.78, 5) is 17.2. The summed E-state index contributed by atoms with van der Waals surface area (Å²) in [6, 6.07) is 4.13. The van der Waals surface area contributed by atoms with Gasteiger partial charge in [-0.25, -0.2) is 4.68 Å². The number of fused-ring (bicyclic) bond motifs is 8. The number of pyridine rings is 1. The number of rotatable bonds is 2. The zero-order valence-electron chi connectivity index (χ0n) is 26.2. The minimum absolute atomic E-state index is 0.00727. The van der Waals surface area contributed by atoms with Gasteiger partial charge < -0.3 is 5.11 Å². The minimum Gasteiger partial charge on any atom is -0.481 e. The van der Waals surface area contributed by atoms with Gasteiger partial charge in [0.15, 0.2) is 0 Å². The summed E-state index contributed by atoms with van der Waals surface area (Å²) in [7, 11) is 0. The number of hydrogen-bond acceptors (Lipinski definition) is 3. The number of carbonyl (C=O) groups is 1. The van der Waals surface area contributed by atoms with Crippen LogP contribution >= 0.6 is 0 Å². The van der Waals surface area contributed by atoms with Crippen molar-refractivity contribution in [3.63, 3.8) is 0 Å². The van der Waals surface area contributed by atoms with E-state index in [4.69, 9.17) is 5.10 Å². The summed E-state index contributed by atoms with van der Waals surface area (Å²) in [5.41, 5.74) is 5.17. The van der Waals surface area contributed by atoms with Crippen molar-refractivity contribution in [1.82, 2.24) is 14.8 Å². The Morgan fingerprint density at radius 1 is 0.976 bits per heavy atom. The molecule has 0 bridgehead atoms. The van der Waals surface area contributed by atoms with E-state index < -0.39 is 11.4 Å². The first-order valence-corrected chi connectivity index (χ1v) is 16.2. The van der Waals surface area contributed by atoms with Crippen LogP contribution in [-0.4, -0.2) is 25.8 Å². The molecular weight excluding hydrogens is 506 g/mol. The molecule has 3 saturated carbocycles. The first kappa shape index (κ1) is 27.4. The highest BCUT2D eigenvalue weighted by Crippen LogP contribution is 2.75. The van der Waals surface area contributed by atoms with Crippen LogP contribution in [0.1, 0.15) is 105 Å². The Hall–Kier alpha value is -2.43. The maximum atomic E-state index is 13.0. The molecule has 9 atom stereocenters. The number of carboxylic acids is 1. The number of nitrogens with zero attached hydrogens (tertiary/aromatic N) is 3. The molecule has 2 aromatic heterocycles. The molecule has 1 N–H and O–H groups in total. The zero-order chi connectivity index (χ0) is 29.2. The van der Waals surface area contributed by atoms with Crippen molar-refractivity contribution >= 4 is 5.97 Å². The fourth-order valence-corrected chi connectivity index (χ4v) is 12.1. The van der Waals surface area contributed by atoms with Crippen molar-refractivity contribution in [1.29, 1.82) is 0 Å². The predicted octanol–water partition coefficient (Wildman–Crippen LogP) is 8.02. The minimum atomic E-state index is -0.579. The van der Waals surface area contributed by atoms with Crippen LogP contribution in [0, 0.1) is 51.2 Å². The largest absolute Gasteiger partial charge is 0.481 e. The van der Waals surface area contributed by atoms with Gasteiger partial charge in [-0.1, -0.05) is 60.1 Å². The van der Waals surface area contributed by atoms with Crippen molar-refractivity contribution in [3.05, 3.63) is 53.6 Å². The lowest BCUT2D eigenvalue weighted by atomic mass is 9.33. The topological polar surface area (TPSA) is 68.0 Å². The number of carboxylic acid groups (broad SMARTS) is 1. The third-order valence-corrected chi connectivity index (χ3v) is 14.5. The SMILES string of the molecule is C[C@H]1[C@H](C)CC[C@]2(C(=O)O)CC[C@]3(C)C(=CC[C@@H]4[C@@]5(C)Cc6cnn(-c7ccncc7)c6C(C)(C)[C@@H]5CC[C@]43C)[C@H]12. The van der Waals surface area contributed by atoms with Crippen molar-refractivity contribution in [2.45, 2.75) is 105 Å². The lowest BCUT2D eigenvalue weighted by Gasteiger charge is -2.70. The van der Waals surface area contributed by atoms with Crippen molar-refractivity contribution in [3.8, 4) is 5.69 Å². The van der Waals surface area contributed by atoms with Gasteiger partial charge in [0.25, 0.3) is 0 Å². The van der Waals surface area contributed by atoms with Crippen LogP contribution in [0.2, 0.25) is 0 Å². The number of hydrogen-bond donors (Lipinski definition) is 1. The number of allylic oxidation sites excluding steroid dienone is 2. The third-order valence-electron chi connectivity index (χ3n) is 14.5. The molecule has 5 nitrogen and oxygen atoms in total. The summed E-state index contributed by atoms with van der Waals surface area (Å²) in [6.07, 6.45) is 16.7. The first-order valence-electron chi connectivity index (χ1n) is 16.2. The van der Waals surface area contributed by atoms with E-state index in [0.29, 0.717) is 23.7 Å². The lowest BCUT2D eigenvalue weighted by molar-refractivity contribution is -0.179. The molecule has 5 aliphatic rings. The van der Waals surface area contributed by atoms with Crippen LogP contribution in [0.4, 0.5) is 0 Å². The average molecular weight is 556 g/mol. The van der Waals surface area contributed by atoms with Crippen molar-refractivity contribution in [2.75, 3.05) is 0 Å². The van der Waals surface area contributed by atoms with Gasteiger partial charge in [0.2, 0.25) is 0 Å². The molecule has 5 aliphatic carbocycles. The van der Waals surface area contributed by atoms with Crippen LogP contribution in [0.5, 0.6) is 0 Å². The fourth-order valence-electron chi connectivity index (χ4n) is 12.1. The summed E-state index contributed by atoms with van der Waals surface area (Å²) < 4.78 is 2.18. The Labute approximate surface area is 246 Å². The quantitative estimate of drug-likeness (QED) is 0.381. The molecule has 0 spiro atoms. The van der Waals surface area contributed by atoms with E-state index in [1.54, 1.807) is 0 Å². The van der Waals surface area contributed by atoms with E-state index in [2.05, 4.69) is 82.5 Å². The molecule has 0 aliphatic heterocycles. The van der Waals surface area contributed by atoms with Crippen LogP contribution in [0.3, 0.4) is 0 Å². The van der Waals surface area contributed by atoms with Gasteiger partial charge in [0.1, 0.15) is 0 Å². The van der Waals surface area contributed by atoms with Crippen LogP contribution in [0.25, 0.3) is 5.69 Å². The summed E-state index contributed by atoms with van der Waals surface area (Å²) in [5, 5.41) is 15.7. The Morgan fingerprint density at radius 3 is 2.41 bits per heavy atom. The second-order valence-corrected chi connectivity index (χ2v) is 16.1. The Morgan fingerprint density at radius 2 is 1.71 bits per heavy atom. The highest BCUT2D eigenvalue weighted by Gasteiger charge is 2.69. The first-order chi connectivity index (χ1) is 19.3. The van der Waals surface area contributed by atoms with E-state index >= 15 is 0 Å². The van der Waals surface area contributed by atoms with E-state index in [1.165, 1.54) is 29.7 Å². The van der Waals surface area contributed by atoms with Crippen molar-refractivity contribution < 1.29 is 9.90 Å². The highest BCUT2D eigenvalue weighted by molar-refractivity contribution is 5.76. The second kappa shape index (κ2) is 8.57. The maximum absolute atomic E-state index is 13.0. The normalized spacial score (nSPS) is 44.4. The number of aliphatic carboxylic acids is 1. The van der Waals surface area contributed by atoms with E-state index in [1.807, 2.05) is 12.4 Å². The highest BCUT2D eigenvalue weighted by atomic mass is 16.4. The van der Waals surface area contributed by atoms with Crippen LogP contribution in [-0.2, 0) is 16.6 Å². The molecule has 0 radical (unpaired) electrons. The van der Waals surface area contributed by atoms with Crippen LogP contribution < -0.4 is 0 Å². The van der Waals surface area contributed by atoms with Gasteiger partial charge in [-0.05, 0) is 115 Å². The maximum Gasteiger partial charge on any atom is 0.310 e. The Balaban J connectivity index is 1.33. The fraction of sp³-hybridized carbons (Fsp3) is 0.694. The molecule has 2 heterocycles. The van der Waals surface area contributed by atoms with Gasteiger partial charge in [0, 0.05) is 17.8 Å². The summed E-state index contributed by atoms with van der Waals surface area (Å²) >= 11 is 0. The van der Waals surface area contributed by atoms with Gasteiger partial charge in [-0.15, -0.1) is 0 Å². The molecule has 220 valence electrons. The molecule has 0 amide bonds. The molecule has 7 rings (SSSR count). The molecular formula is C36H49N3O2. The molecule has 0 unspecified atom stereocenters.